The van der Waals surface area contributed by atoms with Crippen LogP contribution in [0, 0.1) is 6.92 Å². The maximum Gasteiger partial charge on any atom is 0.196 e. The molecule has 0 bridgehead atoms. The van der Waals surface area contributed by atoms with Gasteiger partial charge in [-0.1, -0.05) is 0 Å². The first kappa shape index (κ1) is 14.3. The normalized spacial score (nSPS) is 18.5. The Hall–Kier alpha value is -2.10. The number of allylic oxidation sites excluding steroid dienone is 1. The van der Waals surface area contributed by atoms with Crippen LogP contribution in [0.15, 0.2) is 35.1 Å². The van der Waals surface area contributed by atoms with Crippen molar-refractivity contribution >= 4 is 11.7 Å². The third-order valence-electron chi connectivity index (χ3n) is 3.17. The monoisotopic (exact) mass is 272 g/mol. The first-order valence-electron chi connectivity index (χ1n) is 6.75. The number of carbonyl (C=O) groups is 1. The van der Waals surface area contributed by atoms with Gasteiger partial charge in [-0.15, -0.1) is 0 Å². The molecule has 1 aromatic carbocycles. The van der Waals surface area contributed by atoms with E-state index < -0.39 is 0 Å². The van der Waals surface area contributed by atoms with Crippen molar-refractivity contribution in [3.63, 3.8) is 0 Å². The number of ketones is 1. The van der Waals surface area contributed by atoms with Crippen LogP contribution in [-0.4, -0.2) is 17.7 Å². The van der Waals surface area contributed by atoms with E-state index in [1.54, 1.807) is 13.0 Å². The number of carbonyl (C=O) groups excluding carboxylic acids is 1. The lowest BCUT2D eigenvalue weighted by atomic mass is 10.1. The van der Waals surface area contributed by atoms with Gasteiger partial charge in [0.05, 0.1) is 5.70 Å². The number of aryl methyl sites for hydroxylation is 1. The van der Waals surface area contributed by atoms with Gasteiger partial charge in [-0.3, -0.25) is 4.79 Å². The van der Waals surface area contributed by atoms with Crippen molar-refractivity contribution in [2.45, 2.75) is 40.2 Å². The van der Waals surface area contributed by atoms with Crippen LogP contribution < -0.4 is 10.1 Å². The molecule has 0 saturated carbocycles. The maximum atomic E-state index is 11.4. The van der Waals surface area contributed by atoms with Gasteiger partial charge in [-0.05, 0) is 51.5 Å². The quantitative estimate of drug-likeness (QED) is 0.841. The molecule has 0 fully saturated rings. The van der Waals surface area contributed by atoms with Gasteiger partial charge in [0, 0.05) is 24.2 Å². The summed E-state index contributed by atoms with van der Waals surface area (Å²) in [5.74, 6) is 1.47. The summed E-state index contributed by atoms with van der Waals surface area (Å²) in [6, 6.07) is 5.77. The lowest BCUT2D eigenvalue weighted by Crippen LogP contribution is -2.24. The van der Waals surface area contributed by atoms with Crippen LogP contribution in [0.5, 0.6) is 5.75 Å². The summed E-state index contributed by atoms with van der Waals surface area (Å²) in [4.78, 5) is 15.9. The van der Waals surface area contributed by atoms with Crippen LogP contribution in [-0.2, 0) is 0 Å². The predicted octanol–water partition coefficient (Wildman–Crippen LogP) is 3.22. The third-order valence-corrected chi connectivity index (χ3v) is 3.17. The zero-order chi connectivity index (χ0) is 14.7. The van der Waals surface area contributed by atoms with Crippen molar-refractivity contribution in [2.24, 2.45) is 4.99 Å². The largest absolute Gasteiger partial charge is 0.443 e. The SMILES string of the molecule is CC(=O)c1ccc(OC2=NC(C)=CNC(C)C2)cc1C. The van der Waals surface area contributed by atoms with E-state index in [9.17, 15) is 4.79 Å². The van der Waals surface area contributed by atoms with Crippen molar-refractivity contribution in [3.8, 4) is 5.75 Å². The van der Waals surface area contributed by atoms with Crippen LogP contribution >= 0.6 is 0 Å². The Labute approximate surface area is 119 Å². The molecule has 1 aromatic rings. The van der Waals surface area contributed by atoms with Crippen LogP contribution in [0.2, 0.25) is 0 Å². The molecule has 1 aliphatic heterocycles. The fourth-order valence-electron chi connectivity index (χ4n) is 2.15. The van der Waals surface area contributed by atoms with E-state index in [1.165, 1.54) is 0 Å². The van der Waals surface area contributed by atoms with E-state index in [2.05, 4.69) is 17.2 Å². The standard InChI is InChI=1S/C16H20N2O2/c1-10-7-14(5-6-15(10)13(4)19)20-16-8-11(2)17-9-12(3)18-16/h5-7,9,11,17H,8H2,1-4H3. The number of hydrogen-bond donors (Lipinski definition) is 1. The Morgan fingerprint density at radius 3 is 2.80 bits per heavy atom. The third kappa shape index (κ3) is 3.47. The Morgan fingerprint density at radius 1 is 1.40 bits per heavy atom. The Kier molecular flexibility index (Phi) is 4.23. The second-order valence-electron chi connectivity index (χ2n) is 5.20. The van der Waals surface area contributed by atoms with E-state index in [1.807, 2.05) is 32.2 Å². The van der Waals surface area contributed by atoms with Crippen LogP contribution in [0.4, 0.5) is 0 Å². The molecule has 1 aliphatic rings. The molecule has 0 amide bonds. The van der Waals surface area contributed by atoms with Crippen LogP contribution in [0.25, 0.3) is 0 Å². The minimum Gasteiger partial charge on any atom is -0.443 e. The molecule has 20 heavy (non-hydrogen) atoms. The Morgan fingerprint density at radius 2 is 2.15 bits per heavy atom. The van der Waals surface area contributed by atoms with Gasteiger partial charge in [0.2, 0.25) is 0 Å². The Balaban J connectivity index is 2.20. The molecule has 0 saturated heterocycles. The maximum absolute atomic E-state index is 11.4. The lowest BCUT2D eigenvalue weighted by Gasteiger charge is -2.13. The second kappa shape index (κ2) is 5.90. The number of nitrogens with one attached hydrogen (secondary N) is 1. The fourth-order valence-corrected chi connectivity index (χ4v) is 2.15. The number of rotatable bonds is 2. The number of aliphatic imine (C=N–C) groups is 1. The summed E-state index contributed by atoms with van der Waals surface area (Å²) in [6.07, 6.45) is 2.62. The van der Waals surface area contributed by atoms with Gasteiger partial charge in [-0.2, -0.15) is 0 Å². The van der Waals surface area contributed by atoms with Crippen molar-refractivity contribution in [1.82, 2.24) is 5.32 Å². The van der Waals surface area contributed by atoms with E-state index in [-0.39, 0.29) is 11.8 Å². The molecule has 0 radical (unpaired) electrons. The van der Waals surface area contributed by atoms with Crippen molar-refractivity contribution in [3.05, 3.63) is 41.2 Å². The molecule has 4 nitrogen and oxygen atoms in total. The first-order chi connectivity index (χ1) is 9.45. The molecule has 0 spiro atoms. The average Bonchev–Trinajstić information content (AvgIpc) is 2.50. The highest BCUT2D eigenvalue weighted by atomic mass is 16.5. The molecule has 1 N–H and O–H groups in total. The van der Waals surface area contributed by atoms with E-state index in [4.69, 9.17) is 4.74 Å². The summed E-state index contributed by atoms with van der Waals surface area (Å²) in [5, 5.41) is 3.24. The highest BCUT2D eigenvalue weighted by Crippen LogP contribution is 2.19. The predicted molar refractivity (Wildman–Crippen MR) is 80.2 cm³/mol. The van der Waals surface area contributed by atoms with Crippen molar-refractivity contribution in [1.29, 1.82) is 0 Å². The summed E-state index contributed by atoms with van der Waals surface area (Å²) in [6.45, 7) is 7.49. The number of ether oxygens (including phenoxy) is 1. The van der Waals surface area contributed by atoms with Gasteiger partial charge >= 0.3 is 0 Å². The molecule has 106 valence electrons. The average molecular weight is 272 g/mol. The minimum absolute atomic E-state index is 0.0671. The molecule has 0 aliphatic carbocycles. The van der Waals surface area contributed by atoms with Gasteiger partial charge in [-0.25, -0.2) is 4.99 Å². The van der Waals surface area contributed by atoms with Gasteiger partial charge in [0.1, 0.15) is 5.75 Å². The zero-order valence-corrected chi connectivity index (χ0v) is 12.4. The van der Waals surface area contributed by atoms with Crippen LogP contribution in [0.3, 0.4) is 0 Å². The van der Waals surface area contributed by atoms with Crippen molar-refractivity contribution in [2.75, 3.05) is 0 Å². The summed E-state index contributed by atoms with van der Waals surface area (Å²) >= 11 is 0. The molecule has 1 atom stereocenters. The molecule has 4 heteroatoms. The second-order valence-corrected chi connectivity index (χ2v) is 5.20. The zero-order valence-electron chi connectivity index (χ0n) is 12.4. The smallest absolute Gasteiger partial charge is 0.196 e. The van der Waals surface area contributed by atoms with E-state index in [0.717, 1.165) is 23.2 Å². The van der Waals surface area contributed by atoms with Gasteiger partial charge < -0.3 is 10.1 Å². The number of Topliss-reactive ketones (excluding diaryl/α,β-unsaturated/α-hetero) is 1. The minimum atomic E-state index is 0.0671. The summed E-state index contributed by atoms with van der Waals surface area (Å²) < 4.78 is 5.85. The fraction of sp³-hybridized carbons (Fsp3) is 0.375. The van der Waals surface area contributed by atoms with Crippen molar-refractivity contribution < 1.29 is 9.53 Å². The van der Waals surface area contributed by atoms with Crippen LogP contribution in [0.1, 0.15) is 43.1 Å². The molecular formula is C16H20N2O2. The first-order valence-corrected chi connectivity index (χ1v) is 6.75. The van der Waals surface area contributed by atoms with Gasteiger partial charge in [0.15, 0.2) is 11.7 Å². The highest BCUT2D eigenvalue weighted by molar-refractivity contribution is 5.95. The molecule has 0 aromatic heterocycles. The number of benzene rings is 1. The summed E-state index contributed by atoms with van der Waals surface area (Å²) in [7, 11) is 0. The summed E-state index contributed by atoms with van der Waals surface area (Å²) in [5.41, 5.74) is 2.54. The van der Waals surface area contributed by atoms with E-state index >= 15 is 0 Å². The molecular weight excluding hydrogens is 252 g/mol. The van der Waals surface area contributed by atoms with Gasteiger partial charge in [0.25, 0.3) is 0 Å². The molecule has 2 rings (SSSR count). The van der Waals surface area contributed by atoms with E-state index in [0.29, 0.717) is 11.6 Å². The molecule has 1 heterocycles. The lowest BCUT2D eigenvalue weighted by molar-refractivity contribution is 0.101. The highest BCUT2D eigenvalue weighted by Gasteiger charge is 2.13. The molecule has 1 unspecified atom stereocenters. The number of nitrogens with zero attached hydrogens (tertiary/aromatic N) is 1. The number of hydrogen-bond acceptors (Lipinski definition) is 4. The Bertz CT molecular complexity index is 588. The topological polar surface area (TPSA) is 50.7 Å².